The van der Waals surface area contributed by atoms with Crippen molar-refractivity contribution in [2.75, 3.05) is 18.4 Å². The van der Waals surface area contributed by atoms with Crippen LogP contribution in [0.3, 0.4) is 0 Å². The van der Waals surface area contributed by atoms with Crippen LogP contribution in [0.15, 0.2) is 71.6 Å². The number of aromatic nitrogens is 3. The van der Waals surface area contributed by atoms with E-state index in [0.29, 0.717) is 30.2 Å². The largest absolute Gasteiger partial charge is 0.367 e. The Morgan fingerprint density at radius 2 is 1.93 bits per heavy atom. The molecule has 0 aliphatic carbocycles. The first-order valence-electron chi connectivity index (χ1n) is 8.54. The number of nitrogens with one attached hydrogen (secondary N) is 2. The molecule has 134 valence electrons. The van der Waals surface area contributed by atoms with E-state index in [1.165, 1.54) is 0 Å². The van der Waals surface area contributed by atoms with Gasteiger partial charge in [0.2, 0.25) is 0 Å². The number of carbonyl (C=O) groups is 1. The number of fused-ring (bicyclic) bond motifs is 1. The molecule has 0 bridgehead atoms. The molecule has 4 rings (SSSR count). The summed E-state index contributed by atoms with van der Waals surface area (Å²) in [7, 11) is 0. The molecule has 2 aromatic heterocycles. The lowest BCUT2D eigenvalue weighted by atomic mass is 10.1. The van der Waals surface area contributed by atoms with Gasteiger partial charge in [-0.1, -0.05) is 35.5 Å². The molecule has 0 saturated carbocycles. The van der Waals surface area contributed by atoms with Crippen LogP contribution >= 0.6 is 0 Å². The summed E-state index contributed by atoms with van der Waals surface area (Å²) in [6.45, 7) is 1.01. The van der Waals surface area contributed by atoms with Crippen molar-refractivity contribution >= 4 is 22.6 Å². The first-order valence-corrected chi connectivity index (χ1v) is 8.54. The third-order valence-corrected chi connectivity index (χ3v) is 4.05. The summed E-state index contributed by atoms with van der Waals surface area (Å²) in [6.07, 6.45) is 4.85. The molecule has 7 heteroatoms. The molecular formula is C20H17N5O2. The molecule has 7 nitrogen and oxygen atoms in total. The van der Waals surface area contributed by atoms with Gasteiger partial charge in [0.25, 0.3) is 5.91 Å². The van der Waals surface area contributed by atoms with E-state index >= 15 is 0 Å². The first kappa shape index (κ1) is 16.7. The summed E-state index contributed by atoms with van der Waals surface area (Å²) < 4.78 is 5.48. The maximum absolute atomic E-state index is 12.5. The SMILES string of the molecule is O=C(NCCNc1cnccn1)c1ccc2noc(-c3ccccc3)c2c1. The highest BCUT2D eigenvalue weighted by atomic mass is 16.5. The maximum atomic E-state index is 12.5. The van der Waals surface area contributed by atoms with Crippen molar-refractivity contribution in [3.63, 3.8) is 0 Å². The van der Waals surface area contributed by atoms with Crippen LogP contribution in [-0.2, 0) is 0 Å². The Kier molecular flexibility index (Phi) is 4.74. The zero-order valence-corrected chi connectivity index (χ0v) is 14.4. The summed E-state index contributed by atoms with van der Waals surface area (Å²) in [6, 6.07) is 15.0. The smallest absolute Gasteiger partial charge is 0.251 e. The molecule has 0 fully saturated rings. The lowest BCUT2D eigenvalue weighted by molar-refractivity contribution is 0.0955. The number of rotatable bonds is 6. The predicted octanol–water partition coefficient (Wildman–Crippen LogP) is 3.13. The standard InChI is InChI=1S/C20H17N5O2/c26-20(24-11-10-23-18-13-21-8-9-22-18)15-6-7-17-16(12-15)19(27-25-17)14-4-2-1-3-5-14/h1-9,12-13H,10-11H2,(H,22,23)(H,24,26). The van der Waals surface area contributed by atoms with E-state index in [9.17, 15) is 4.79 Å². The van der Waals surface area contributed by atoms with E-state index in [4.69, 9.17) is 4.52 Å². The normalized spacial score (nSPS) is 10.7. The van der Waals surface area contributed by atoms with Crippen LogP contribution in [0.25, 0.3) is 22.2 Å². The minimum atomic E-state index is -0.155. The molecule has 2 aromatic carbocycles. The third-order valence-electron chi connectivity index (χ3n) is 4.05. The second-order valence-corrected chi connectivity index (χ2v) is 5.88. The zero-order chi connectivity index (χ0) is 18.5. The molecule has 2 heterocycles. The molecule has 0 atom stereocenters. The van der Waals surface area contributed by atoms with Gasteiger partial charge in [0.15, 0.2) is 5.76 Å². The highest BCUT2D eigenvalue weighted by molar-refractivity contribution is 6.00. The molecule has 0 unspecified atom stereocenters. The number of anilines is 1. The molecule has 1 amide bonds. The Bertz CT molecular complexity index is 1050. The number of carbonyl (C=O) groups excluding carboxylic acids is 1. The number of benzene rings is 2. The van der Waals surface area contributed by atoms with Gasteiger partial charge in [-0.2, -0.15) is 0 Å². The van der Waals surface area contributed by atoms with Crippen LogP contribution in [0.2, 0.25) is 0 Å². The molecule has 0 aliphatic rings. The lowest BCUT2D eigenvalue weighted by Gasteiger charge is -2.07. The van der Waals surface area contributed by atoms with Crippen LogP contribution in [0.4, 0.5) is 5.82 Å². The van der Waals surface area contributed by atoms with Gasteiger partial charge >= 0.3 is 0 Å². The fourth-order valence-electron chi connectivity index (χ4n) is 2.74. The van der Waals surface area contributed by atoms with Crippen molar-refractivity contribution in [3.05, 3.63) is 72.7 Å². The minimum absolute atomic E-state index is 0.155. The number of hydrogen-bond donors (Lipinski definition) is 2. The second-order valence-electron chi connectivity index (χ2n) is 5.88. The molecule has 0 spiro atoms. The summed E-state index contributed by atoms with van der Waals surface area (Å²) in [4.78, 5) is 20.5. The highest BCUT2D eigenvalue weighted by Crippen LogP contribution is 2.29. The molecular weight excluding hydrogens is 342 g/mol. The van der Waals surface area contributed by atoms with Gasteiger partial charge in [0.1, 0.15) is 11.3 Å². The van der Waals surface area contributed by atoms with Crippen LogP contribution < -0.4 is 10.6 Å². The van der Waals surface area contributed by atoms with E-state index in [0.717, 1.165) is 16.5 Å². The number of nitrogens with zero attached hydrogens (tertiary/aromatic N) is 3. The van der Waals surface area contributed by atoms with E-state index < -0.39 is 0 Å². The maximum Gasteiger partial charge on any atom is 0.251 e. The molecule has 4 aromatic rings. The zero-order valence-electron chi connectivity index (χ0n) is 14.4. The second kappa shape index (κ2) is 7.65. The van der Waals surface area contributed by atoms with Crippen molar-refractivity contribution in [3.8, 4) is 11.3 Å². The minimum Gasteiger partial charge on any atom is -0.367 e. The van der Waals surface area contributed by atoms with Gasteiger partial charge < -0.3 is 15.2 Å². The van der Waals surface area contributed by atoms with Gasteiger partial charge in [0, 0.05) is 36.6 Å². The quantitative estimate of drug-likeness (QED) is 0.514. The Balaban J connectivity index is 1.44. The predicted molar refractivity (Wildman–Crippen MR) is 102 cm³/mol. The topological polar surface area (TPSA) is 92.9 Å². The molecule has 0 radical (unpaired) electrons. The van der Waals surface area contributed by atoms with Crippen molar-refractivity contribution < 1.29 is 9.32 Å². The monoisotopic (exact) mass is 359 g/mol. The lowest BCUT2D eigenvalue weighted by Crippen LogP contribution is -2.28. The number of amides is 1. The Morgan fingerprint density at radius 3 is 2.74 bits per heavy atom. The molecule has 2 N–H and O–H groups in total. The third kappa shape index (κ3) is 3.77. The van der Waals surface area contributed by atoms with Crippen molar-refractivity contribution in [2.24, 2.45) is 0 Å². The summed E-state index contributed by atoms with van der Waals surface area (Å²) in [5.74, 6) is 1.17. The van der Waals surface area contributed by atoms with Crippen molar-refractivity contribution in [2.45, 2.75) is 0 Å². The van der Waals surface area contributed by atoms with Gasteiger partial charge in [-0.05, 0) is 18.2 Å². The Morgan fingerprint density at radius 1 is 1.04 bits per heavy atom. The number of hydrogen-bond acceptors (Lipinski definition) is 6. The average molecular weight is 359 g/mol. The summed E-state index contributed by atoms with van der Waals surface area (Å²) >= 11 is 0. The van der Waals surface area contributed by atoms with E-state index in [-0.39, 0.29) is 5.91 Å². The van der Waals surface area contributed by atoms with E-state index in [2.05, 4.69) is 25.8 Å². The van der Waals surface area contributed by atoms with Gasteiger partial charge in [-0.25, -0.2) is 4.98 Å². The van der Waals surface area contributed by atoms with Crippen LogP contribution in [-0.4, -0.2) is 34.1 Å². The van der Waals surface area contributed by atoms with E-state index in [1.807, 2.05) is 30.3 Å². The molecule has 0 saturated heterocycles. The Labute approximate surface area is 155 Å². The van der Waals surface area contributed by atoms with Crippen LogP contribution in [0, 0.1) is 0 Å². The van der Waals surface area contributed by atoms with Gasteiger partial charge in [-0.15, -0.1) is 0 Å². The highest BCUT2D eigenvalue weighted by Gasteiger charge is 2.13. The fourth-order valence-corrected chi connectivity index (χ4v) is 2.74. The summed E-state index contributed by atoms with van der Waals surface area (Å²) in [5.41, 5.74) is 2.20. The van der Waals surface area contributed by atoms with E-state index in [1.54, 1.807) is 36.8 Å². The van der Waals surface area contributed by atoms with Gasteiger partial charge in [0.05, 0.1) is 11.6 Å². The van der Waals surface area contributed by atoms with Crippen LogP contribution in [0.5, 0.6) is 0 Å². The summed E-state index contributed by atoms with van der Waals surface area (Å²) in [5, 5.41) is 10.9. The molecule has 27 heavy (non-hydrogen) atoms. The average Bonchev–Trinajstić information content (AvgIpc) is 3.16. The molecule has 0 aliphatic heterocycles. The van der Waals surface area contributed by atoms with Crippen LogP contribution in [0.1, 0.15) is 10.4 Å². The fraction of sp³-hybridized carbons (Fsp3) is 0.100. The van der Waals surface area contributed by atoms with Crippen molar-refractivity contribution in [1.82, 2.24) is 20.4 Å². The first-order chi connectivity index (χ1) is 13.3. The Hall–Kier alpha value is -3.74. The van der Waals surface area contributed by atoms with Gasteiger partial charge in [-0.3, -0.25) is 9.78 Å². The van der Waals surface area contributed by atoms with Crippen molar-refractivity contribution in [1.29, 1.82) is 0 Å².